The number of ether oxygens (including phenoxy) is 2. The normalized spacial score (nSPS) is 15.5. The van der Waals surface area contributed by atoms with Crippen LogP contribution < -0.4 is 9.47 Å². The zero-order chi connectivity index (χ0) is 25.2. The minimum Gasteiger partial charge on any atom is -0.503 e. The van der Waals surface area contributed by atoms with Crippen LogP contribution in [0.5, 0.6) is 11.5 Å². The first-order valence-corrected chi connectivity index (χ1v) is 11.2. The first-order chi connectivity index (χ1) is 17.5. The summed E-state index contributed by atoms with van der Waals surface area (Å²) in [7, 11) is 1.51. The molecular formula is C28H23NO7. The molecule has 2 aromatic carbocycles. The molecule has 1 aliphatic rings. The van der Waals surface area contributed by atoms with Gasteiger partial charge in [-0.05, 0) is 42.0 Å². The highest BCUT2D eigenvalue weighted by atomic mass is 16.5. The summed E-state index contributed by atoms with van der Waals surface area (Å²) in [6.07, 6.45) is 3.11. The predicted molar refractivity (Wildman–Crippen MR) is 131 cm³/mol. The molecular weight excluding hydrogens is 462 g/mol. The van der Waals surface area contributed by atoms with Crippen molar-refractivity contribution in [3.63, 3.8) is 0 Å². The molecule has 2 aromatic heterocycles. The monoisotopic (exact) mass is 485 g/mol. The van der Waals surface area contributed by atoms with Gasteiger partial charge in [-0.25, -0.2) is 0 Å². The van der Waals surface area contributed by atoms with Gasteiger partial charge in [0.2, 0.25) is 5.78 Å². The largest absolute Gasteiger partial charge is 0.503 e. The van der Waals surface area contributed by atoms with Crippen molar-refractivity contribution in [2.75, 3.05) is 13.7 Å². The first-order valence-electron chi connectivity index (χ1n) is 11.2. The Morgan fingerprint density at radius 3 is 2.75 bits per heavy atom. The number of aliphatic hydroxyl groups is 1. The van der Waals surface area contributed by atoms with E-state index in [1.807, 2.05) is 0 Å². The Hall–Kier alpha value is -4.72. The highest BCUT2D eigenvalue weighted by molar-refractivity contribution is 6.16. The number of Topliss-reactive ketones (excluding diaryl/α,β-unsaturated/α-hetero) is 1. The molecule has 0 radical (unpaired) electrons. The van der Waals surface area contributed by atoms with Gasteiger partial charge in [-0.3, -0.25) is 9.59 Å². The maximum Gasteiger partial charge on any atom is 0.290 e. The van der Waals surface area contributed by atoms with E-state index >= 15 is 0 Å². The summed E-state index contributed by atoms with van der Waals surface area (Å²) in [6, 6.07) is 16.4. The summed E-state index contributed by atoms with van der Waals surface area (Å²) in [6.45, 7) is 3.99. The third kappa shape index (κ3) is 4.02. The Morgan fingerprint density at radius 2 is 2.00 bits per heavy atom. The van der Waals surface area contributed by atoms with Gasteiger partial charge >= 0.3 is 0 Å². The third-order valence-corrected chi connectivity index (χ3v) is 5.95. The summed E-state index contributed by atoms with van der Waals surface area (Å²) >= 11 is 0. The molecule has 5 rings (SSSR count). The van der Waals surface area contributed by atoms with E-state index in [-0.39, 0.29) is 24.5 Å². The fraction of sp³-hybridized carbons (Fsp3) is 0.143. The van der Waals surface area contributed by atoms with Gasteiger partial charge < -0.3 is 28.3 Å². The zero-order valence-electron chi connectivity index (χ0n) is 19.5. The van der Waals surface area contributed by atoms with Crippen LogP contribution in [-0.4, -0.2) is 35.4 Å². The number of carbonyl (C=O) groups is 2. The van der Waals surface area contributed by atoms with Gasteiger partial charge in [0.05, 0.1) is 31.5 Å². The molecule has 36 heavy (non-hydrogen) atoms. The van der Waals surface area contributed by atoms with E-state index in [0.29, 0.717) is 33.8 Å². The lowest BCUT2D eigenvalue weighted by Gasteiger charge is -2.26. The topological polar surface area (TPSA) is 102 Å². The van der Waals surface area contributed by atoms with Crippen LogP contribution >= 0.6 is 0 Å². The summed E-state index contributed by atoms with van der Waals surface area (Å²) in [5.41, 5.74) is 0.889. The van der Waals surface area contributed by atoms with Crippen molar-refractivity contribution >= 4 is 22.7 Å². The molecule has 8 nitrogen and oxygen atoms in total. The molecule has 0 saturated carbocycles. The number of nitrogens with zero attached hydrogens (tertiary/aromatic N) is 1. The Morgan fingerprint density at radius 1 is 1.17 bits per heavy atom. The summed E-state index contributed by atoms with van der Waals surface area (Å²) in [5, 5.41) is 11.6. The van der Waals surface area contributed by atoms with Crippen LogP contribution in [0.3, 0.4) is 0 Å². The average molecular weight is 485 g/mol. The zero-order valence-corrected chi connectivity index (χ0v) is 19.5. The second-order valence-electron chi connectivity index (χ2n) is 8.17. The van der Waals surface area contributed by atoms with Crippen molar-refractivity contribution in [2.45, 2.75) is 12.6 Å². The number of carbonyl (C=O) groups excluding carboxylic acids is 2. The fourth-order valence-electron chi connectivity index (χ4n) is 4.34. The van der Waals surface area contributed by atoms with Gasteiger partial charge in [0, 0.05) is 5.39 Å². The van der Waals surface area contributed by atoms with Gasteiger partial charge in [0.1, 0.15) is 18.1 Å². The van der Waals surface area contributed by atoms with E-state index in [1.165, 1.54) is 18.3 Å². The number of furan rings is 2. The van der Waals surface area contributed by atoms with Crippen molar-refractivity contribution in [3.8, 4) is 11.5 Å². The molecule has 3 heterocycles. The van der Waals surface area contributed by atoms with Crippen LogP contribution in [0.25, 0.3) is 11.0 Å². The third-order valence-electron chi connectivity index (χ3n) is 5.95. The van der Waals surface area contributed by atoms with Gasteiger partial charge in [0.15, 0.2) is 22.9 Å². The van der Waals surface area contributed by atoms with Gasteiger partial charge in [0.25, 0.3) is 5.91 Å². The van der Waals surface area contributed by atoms with Crippen molar-refractivity contribution < 1.29 is 33.0 Å². The lowest BCUT2D eigenvalue weighted by molar-refractivity contribution is -0.130. The molecule has 0 aliphatic carbocycles. The minimum atomic E-state index is -0.905. The molecule has 8 heteroatoms. The van der Waals surface area contributed by atoms with E-state index in [1.54, 1.807) is 66.7 Å². The van der Waals surface area contributed by atoms with Crippen LogP contribution in [0.15, 0.2) is 99.7 Å². The molecule has 0 unspecified atom stereocenters. The molecule has 0 spiro atoms. The highest BCUT2D eigenvalue weighted by Gasteiger charge is 2.45. The van der Waals surface area contributed by atoms with Crippen LogP contribution in [0.2, 0.25) is 0 Å². The van der Waals surface area contributed by atoms with Crippen molar-refractivity contribution in [1.82, 2.24) is 4.90 Å². The highest BCUT2D eigenvalue weighted by Crippen LogP contribution is 2.41. The van der Waals surface area contributed by atoms with E-state index in [4.69, 9.17) is 18.3 Å². The second kappa shape index (κ2) is 9.50. The number of aliphatic hydroxyl groups excluding tert-OH is 1. The Labute approximate surface area is 206 Å². The van der Waals surface area contributed by atoms with Crippen LogP contribution in [0.1, 0.15) is 27.9 Å². The molecule has 0 bridgehead atoms. The number of fused-ring (bicyclic) bond motifs is 1. The lowest BCUT2D eigenvalue weighted by Crippen LogP contribution is -2.30. The summed E-state index contributed by atoms with van der Waals surface area (Å²) < 4.78 is 22.3. The number of benzene rings is 2. The molecule has 1 aliphatic heterocycles. The lowest BCUT2D eigenvalue weighted by atomic mass is 9.94. The van der Waals surface area contributed by atoms with E-state index in [0.717, 1.165) is 0 Å². The van der Waals surface area contributed by atoms with E-state index in [9.17, 15) is 14.7 Å². The Balaban J connectivity index is 1.60. The Kier molecular flexibility index (Phi) is 6.08. The van der Waals surface area contributed by atoms with Gasteiger partial charge in [-0.2, -0.15) is 0 Å². The first kappa shape index (κ1) is 23.0. The average Bonchev–Trinajstić information content (AvgIpc) is 3.62. The number of ketones is 1. The van der Waals surface area contributed by atoms with E-state index < -0.39 is 23.5 Å². The van der Waals surface area contributed by atoms with Gasteiger partial charge in [-0.15, -0.1) is 0 Å². The Bertz CT molecular complexity index is 1480. The molecule has 1 amide bonds. The van der Waals surface area contributed by atoms with Crippen molar-refractivity contribution in [1.29, 1.82) is 0 Å². The standard InChI is InChI=1S/C28H23NO7/c1-3-12-34-19-9-4-7-17(14-19)24-23(26(31)28(32)29(24)16-20-10-6-13-35-20)25(30)22-15-18-8-5-11-21(33-2)27(18)36-22/h3-11,13-15,24,31H,1,12,16H2,2H3/t24-/m0/s1. The SMILES string of the molecule is C=CCOc1cccc([C@H]2C(C(=O)c3cc4cccc(OC)c4o3)=C(O)C(=O)N2Cc2ccco2)c1. The van der Waals surface area contributed by atoms with Crippen LogP contribution in [-0.2, 0) is 11.3 Å². The number of hydrogen-bond donors (Lipinski definition) is 1. The quantitative estimate of drug-likeness (QED) is 0.251. The fourth-order valence-corrected chi connectivity index (χ4v) is 4.34. The smallest absolute Gasteiger partial charge is 0.290 e. The maximum absolute atomic E-state index is 13.8. The molecule has 182 valence electrons. The van der Waals surface area contributed by atoms with Crippen LogP contribution in [0.4, 0.5) is 0 Å². The number of para-hydroxylation sites is 1. The number of methoxy groups -OCH3 is 1. The molecule has 1 N–H and O–H groups in total. The molecule has 1 atom stereocenters. The van der Waals surface area contributed by atoms with Crippen LogP contribution in [0, 0.1) is 0 Å². The van der Waals surface area contributed by atoms with Crippen molar-refractivity contribution in [2.24, 2.45) is 0 Å². The minimum absolute atomic E-state index is 0.0206. The summed E-state index contributed by atoms with van der Waals surface area (Å²) in [5.74, 6) is -0.453. The molecule has 0 saturated heterocycles. The maximum atomic E-state index is 13.8. The number of rotatable bonds is 9. The van der Waals surface area contributed by atoms with E-state index in [2.05, 4.69) is 6.58 Å². The molecule has 4 aromatic rings. The van der Waals surface area contributed by atoms with Crippen molar-refractivity contribution in [3.05, 3.63) is 108 Å². The molecule has 0 fully saturated rings. The summed E-state index contributed by atoms with van der Waals surface area (Å²) in [4.78, 5) is 28.4. The number of hydrogen-bond acceptors (Lipinski definition) is 7. The number of amides is 1. The second-order valence-corrected chi connectivity index (χ2v) is 8.17. The predicted octanol–water partition coefficient (Wildman–Crippen LogP) is 5.38. The van der Waals surface area contributed by atoms with Gasteiger partial charge in [-0.1, -0.05) is 36.9 Å².